The molecule has 0 aliphatic carbocycles. The van der Waals surface area contributed by atoms with Crippen LogP contribution in [0.4, 0.5) is 5.82 Å². The third-order valence-electron chi connectivity index (χ3n) is 6.05. The molecule has 160 valence electrons. The van der Waals surface area contributed by atoms with E-state index in [9.17, 15) is 4.79 Å². The summed E-state index contributed by atoms with van der Waals surface area (Å²) in [5.74, 6) is 1.88. The minimum atomic E-state index is 0.0459. The van der Waals surface area contributed by atoms with Gasteiger partial charge in [0.1, 0.15) is 5.82 Å². The number of amides is 1. The Labute approximate surface area is 183 Å². The van der Waals surface area contributed by atoms with E-state index in [2.05, 4.69) is 58.3 Å². The maximum Gasteiger partial charge on any atom is 0.223 e. The lowest BCUT2D eigenvalue weighted by Crippen LogP contribution is -2.41. The first-order valence-corrected chi connectivity index (χ1v) is 10.8. The molecule has 3 aromatic rings. The third-order valence-corrected chi connectivity index (χ3v) is 6.05. The van der Waals surface area contributed by atoms with Gasteiger partial charge < -0.3 is 10.2 Å². The van der Waals surface area contributed by atoms with Crippen LogP contribution < -0.4 is 10.2 Å². The van der Waals surface area contributed by atoms with Crippen LogP contribution in [0.3, 0.4) is 0 Å². The molecule has 6 nitrogen and oxygen atoms in total. The van der Waals surface area contributed by atoms with Crippen molar-refractivity contribution in [3.05, 3.63) is 71.2 Å². The largest absolute Gasteiger partial charge is 0.356 e. The van der Waals surface area contributed by atoms with Crippen LogP contribution in [-0.4, -0.2) is 33.9 Å². The summed E-state index contributed by atoms with van der Waals surface area (Å²) >= 11 is 0. The lowest BCUT2D eigenvalue weighted by atomic mass is 9.95. The molecule has 0 atom stereocenters. The molecule has 0 radical (unpaired) electrons. The first-order chi connectivity index (χ1) is 15.0. The van der Waals surface area contributed by atoms with Crippen molar-refractivity contribution in [1.82, 2.24) is 20.3 Å². The second-order valence-electron chi connectivity index (χ2n) is 8.28. The van der Waals surface area contributed by atoms with Crippen molar-refractivity contribution in [2.24, 2.45) is 5.92 Å². The van der Waals surface area contributed by atoms with Crippen LogP contribution in [0.1, 0.15) is 35.2 Å². The molecule has 4 rings (SSSR count). The second kappa shape index (κ2) is 9.25. The number of piperidine rings is 1. The summed E-state index contributed by atoms with van der Waals surface area (Å²) in [5.41, 5.74) is 5.40. The Kier molecular flexibility index (Phi) is 6.26. The summed E-state index contributed by atoms with van der Waals surface area (Å²) in [7, 11) is 0. The number of pyridine rings is 1. The molecular formula is C25H29N5O. The molecule has 3 heterocycles. The number of benzene rings is 1. The standard InChI is InChI=1S/C25H29N5O/c1-17-4-6-20(7-5-17)16-27-25(31)22-10-14-30(15-11-22)24-18(2)19(3)28-23(29-24)21-8-12-26-13-9-21/h4-9,12-13,22H,10-11,14-16H2,1-3H3,(H,27,31). The molecular weight excluding hydrogens is 386 g/mol. The number of carbonyl (C=O) groups excluding carboxylic acids is 1. The Morgan fingerprint density at radius 1 is 1.00 bits per heavy atom. The van der Waals surface area contributed by atoms with Gasteiger partial charge in [0, 0.05) is 54.8 Å². The van der Waals surface area contributed by atoms with Gasteiger partial charge in [0.05, 0.1) is 0 Å². The molecule has 1 fully saturated rings. The van der Waals surface area contributed by atoms with Gasteiger partial charge in [0.15, 0.2) is 5.82 Å². The van der Waals surface area contributed by atoms with Gasteiger partial charge in [-0.3, -0.25) is 9.78 Å². The number of carbonyl (C=O) groups is 1. The number of rotatable bonds is 5. The average Bonchev–Trinajstić information content (AvgIpc) is 2.81. The summed E-state index contributed by atoms with van der Waals surface area (Å²) in [5, 5.41) is 3.10. The molecule has 0 unspecified atom stereocenters. The van der Waals surface area contributed by atoms with Crippen molar-refractivity contribution in [2.75, 3.05) is 18.0 Å². The molecule has 0 saturated carbocycles. The zero-order valence-electron chi connectivity index (χ0n) is 18.4. The SMILES string of the molecule is Cc1ccc(CNC(=O)C2CCN(c3nc(-c4ccncc4)nc(C)c3C)CC2)cc1. The molecule has 1 saturated heterocycles. The Bertz CT molecular complexity index is 1040. The first-order valence-electron chi connectivity index (χ1n) is 10.8. The Hall–Kier alpha value is -3.28. The van der Waals surface area contributed by atoms with E-state index in [1.807, 2.05) is 19.1 Å². The highest BCUT2D eigenvalue weighted by molar-refractivity contribution is 5.79. The molecule has 1 amide bonds. The molecule has 31 heavy (non-hydrogen) atoms. The fourth-order valence-electron chi connectivity index (χ4n) is 3.94. The normalized spacial score (nSPS) is 14.5. The Morgan fingerprint density at radius 2 is 1.68 bits per heavy atom. The van der Waals surface area contributed by atoms with Gasteiger partial charge in [-0.25, -0.2) is 9.97 Å². The minimum absolute atomic E-state index is 0.0459. The second-order valence-corrected chi connectivity index (χ2v) is 8.28. The number of hydrogen-bond acceptors (Lipinski definition) is 5. The maximum atomic E-state index is 12.7. The summed E-state index contributed by atoms with van der Waals surface area (Å²) in [4.78, 5) is 28.6. The first kappa shape index (κ1) is 21.0. The molecule has 1 aromatic carbocycles. The van der Waals surface area contributed by atoms with Crippen LogP contribution >= 0.6 is 0 Å². The van der Waals surface area contributed by atoms with Gasteiger partial charge in [-0.2, -0.15) is 0 Å². The van der Waals surface area contributed by atoms with Crippen LogP contribution in [0, 0.1) is 26.7 Å². The number of hydrogen-bond donors (Lipinski definition) is 1. The molecule has 6 heteroatoms. The molecule has 0 bridgehead atoms. The van der Waals surface area contributed by atoms with Crippen LogP contribution in [0.5, 0.6) is 0 Å². The van der Waals surface area contributed by atoms with E-state index in [0.29, 0.717) is 6.54 Å². The number of aryl methyl sites for hydroxylation is 2. The zero-order valence-corrected chi connectivity index (χ0v) is 18.4. The van der Waals surface area contributed by atoms with E-state index >= 15 is 0 Å². The van der Waals surface area contributed by atoms with Crippen LogP contribution in [0.15, 0.2) is 48.8 Å². The topological polar surface area (TPSA) is 71.0 Å². The van der Waals surface area contributed by atoms with Crippen molar-refractivity contribution in [3.63, 3.8) is 0 Å². The van der Waals surface area contributed by atoms with E-state index in [0.717, 1.165) is 60.0 Å². The van der Waals surface area contributed by atoms with E-state index in [-0.39, 0.29) is 11.8 Å². The number of anilines is 1. The number of nitrogens with zero attached hydrogens (tertiary/aromatic N) is 4. The van der Waals surface area contributed by atoms with E-state index < -0.39 is 0 Å². The fraction of sp³-hybridized carbons (Fsp3) is 0.360. The molecule has 1 aliphatic heterocycles. The van der Waals surface area contributed by atoms with Crippen molar-refractivity contribution in [1.29, 1.82) is 0 Å². The fourth-order valence-corrected chi connectivity index (χ4v) is 3.94. The minimum Gasteiger partial charge on any atom is -0.356 e. The van der Waals surface area contributed by atoms with Crippen molar-refractivity contribution in [3.8, 4) is 11.4 Å². The van der Waals surface area contributed by atoms with Crippen molar-refractivity contribution in [2.45, 2.75) is 40.2 Å². The Balaban J connectivity index is 1.39. The van der Waals surface area contributed by atoms with E-state index in [1.165, 1.54) is 5.56 Å². The van der Waals surface area contributed by atoms with Gasteiger partial charge >= 0.3 is 0 Å². The van der Waals surface area contributed by atoms with E-state index in [4.69, 9.17) is 4.98 Å². The molecule has 0 spiro atoms. The highest BCUT2D eigenvalue weighted by Crippen LogP contribution is 2.28. The van der Waals surface area contributed by atoms with E-state index in [1.54, 1.807) is 12.4 Å². The summed E-state index contributed by atoms with van der Waals surface area (Å²) in [6.07, 6.45) is 5.17. The maximum absolute atomic E-state index is 12.7. The Morgan fingerprint density at radius 3 is 2.35 bits per heavy atom. The van der Waals surface area contributed by atoms with Crippen molar-refractivity contribution >= 4 is 11.7 Å². The van der Waals surface area contributed by atoms with Gasteiger partial charge in [-0.1, -0.05) is 29.8 Å². The predicted molar refractivity (Wildman–Crippen MR) is 123 cm³/mol. The zero-order chi connectivity index (χ0) is 21.8. The lowest BCUT2D eigenvalue weighted by molar-refractivity contribution is -0.125. The highest BCUT2D eigenvalue weighted by Gasteiger charge is 2.27. The summed E-state index contributed by atoms with van der Waals surface area (Å²) in [6, 6.07) is 12.1. The van der Waals surface area contributed by atoms with Gasteiger partial charge in [0.25, 0.3) is 0 Å². The number of nitrogens with one attached hydrogen (secondary N) is 1. The quantitative estimate of drug-likeness (QED) is 0.682. The lowest BCUT2D eigenvalue weighted by Gasteiger charge is -2.33. The average molecular weight is 416 g/mol. The molecule has 1 N–H and O–H groups in total. The van der Waals surface area contributed by atoms with Gasteiger partial charge in [0.2, 0.25) is 5.91 Å². The summed E-state index contributed by atoms with van der Waals surface area (Å²) in [6.45, 7) is 8.37. The monoisotopic (exact) mass is 415 g/mol. The molecule has 1 aliphatic rings. The molecule has 2 aromatic heterocycles. The third kappa shape index (κ3) is 4.90. The van der Waals surface area contributed by atoms with Crippen LogP contribution in [0.2, 0.25) is 0 Å². The van der Waals surface area contributed by atoms with Crippen LogP contribution in [-0.2, 0) is 11.3 Å². The van der Waals surface area contributed by atoms with Gasteiger partial charge in [-0.05, 0) is 51.3 Å². The smallest absolute Gasteiger partial charge is 0.223 e. The van der Waals surface area contributed by atoms with Crippen molar-refractivity contribution < 1.29 is 4.79 Å². The van der Waals surface area contributed by atoms with Gasteiger partial charge in [-0.15, -0.1) is 0 Å². The highest BCUT2D eigenvalue weighted by atomic mass is 16.1. The summed E-state index contributed by atoms with van der Waals surface area (Å²) < 4.78 is 0. The van der Waals surface area contributed by atoms with Crippen LogP contribution in [0.25, 0.3) is 11.4 Å². The number of aromatic nitrogens is 3. The predicted octanol–water partition coefficient (Wildman–Crippen LogP) is 4.00.